The van der Waals surface area contributed by atoms with Gasteiger partial charge in [-0.2, -0.15) is 10.1 Å². The number of nitrogens with zero attached hydrogens (tertiary/aromatic N) is 5. The van der Waals surface area contributed by atoms with Crippen molar-refractivity contribution in [1.82, 2.24) is 25.7 Å². The molecule has 23 heavy (non-hydrogen) atoms. The van der Waals surface area contributed by atoms with Crippen molar-refractivity contribution in [2.24, 2.45) is 0 Å². The van der Waals surface area contributed by atoms with Gasteiger partial charge in [0.1, 0.15) is 0 Å². The largest absolute Gasteiger partial charge is 0.354 e. The van der Waals surface area contributed by atoms with Gasteiger partial charge in [0.25, 0.3) is 0 Å². The average molecular weight is 314 g/mol. The molecule has 2 atom stereocenters. The molecule has 2 aliphatic rings. The second-order valence-corrected chi connectivity index (χ2v) is 6.52. The zero-order valence-corrected chi connectivity index (χ0v) is 13.4. The van der Waals surface area contributed by atoms with Crippen molar-refractivity contribution in [3.05, 3.63) is 30.0 Å². The van der Waals surface area contributed by atoms with Crippen LogP contribution in [0.2, 0.25) is 0 Å². The number of nitrogens with one attached hydrogen (secondary N) is 1. The number of aromatic nitrogens is 4. The Bertz CT molecular complexity index is 641. The lowest BCUT2D eigenvalue weighted by atomic mass is 10.0. The first kappa shape index (κ1) is 14.6. The molecule has 1 N–H and O–H groups in total. The molecule has 0 unspecified atom stereocenters. The molecule has 0 amide bonds. The van der Waals surface area contributed by atoms with Gasteiger partial charge in [0, 0.05) is 31.2 Å². The van der Waals surface area contributed by atoms with Gasteiger partial charge in [0.05, 0.1) is 6.04 Å². The maximum Gasteiger partial charge on any atom is 0.243 e. The van der Waals surface area contributed by atoms with Gasteiger partial charge < -0.3 is 14.7 Å². The van der Waals surface area contributed by atoms with Crippen LogP contribution in [0, 0.1) is 0 Å². The summed E-state index contributed by atoms with van der Waals surface area (Å²) in [4.78, 5) is 6.82. The molecule has 2 aromatic rings. The summed E-state index contributed by atoms with van der Waals surface area (Å²) < 4.78 is 5.42. The fraction of sp³-hybridized carbons (Fsp3) is 0.625. The summed E-state index contributed by atoms with van der Waals surface area (Å²) in [5, 5.41) is 15.9. The summed E-state index contributed by atoms with van der Waals surface area (Å²) in [7, 11) is 0. The molecule has 4 rings (SSSR count). The summed E-state index contributed by atoms with van der Waals surface area (Å²) in [6, 6.07) is 4.40. The minimum absolute atomic E-state index is 0.0711. The van der Waals surface area contributed by atoms with E-state index in [9.17, 15) is 0 Å². The fourth-order valence-electron chi connectivity index (χ4n) is 3.14. The van der Waals surface area contributed by atoms with Gasteiger partial charge in [-0.25, -0.2) is 0 Å². The summed E-state index contributed by atoms with van der Waals surface area (Å²) in [5.74, 6) is 3.05. The first-order valence-corrected chi connectivity index (χ1v) is 8.42. The van der Waals surface area contributed by atoms with E-state index < -0.39 is 0 Å². The van der Waals surface area contributed by atoms with Gasteiger partial charge >= 0.3 is 0 Å². The standard InChI is InChI=1S/C16H22N6O/c1-11(16-19-15(21-23-16)12-6-7-12)18-13-4-3-9-22(10-13)14-5-2-8-17-20-14/h2,5,8,11-13,18H,3-4,6-7,9-10H2,1H3/t11-,13-/m0/s1. The molecule has 0 bridgehead atoms. The molecular formula is C16H22N6O. The third-order valence-corrected chi connectivity index (χ3v) is 4.56. The van der Waals surface area contributed by atoms with Crippen LogP contribution >= 0.6 is 0 Å². The molecule has 1 saturated carbocycles. The Morgan fingerprint density at radius 2 is 2.26 bits per heavy atom. The second-order valence-electron chi connectivity index (χ2n) is 6.52. The molecular weight excluding hydrogens is 292 g/mol. The predicted molar refractivity (Wildman–Crippen MR) is 85.1 cm³/mol. The average Bonchev–Trinajstić information content (AvgIpc) is 3.33. The van der Waals surface area contributed by atoms with Crippen molar-refractivity contribution in [1.29, 1.82) is 0 Å². The maximum atomic E-state index is 5.42. The SMILES string of the molecule is C[C@H](N[C@H]1CCCN(c2cccnn2)C1)c1nc(C2CC2)no1. The molecule has 1 saturated heterocycles. The van der Waals surface area contributed by atoms with Crippen LogP contribution in [0.25, 0.3) is 0 Å². The second kappa shape index (κ2) is 6.23. The van der Waals surface area contributed by atoms with Crippen LogP contribution in [0.3, 0.4) is 0 Å². The highest BCUT2D eigenvalue weighted by atomic mass is 16.5. The molecule has 0 aromatic carbocycles. The number of piperidine rings is 1. The number of hydrogen-bond acceptors (Lipinski definition) is 7. The summed E-state index contributed by atoms with van der Waals surface area (Å²) in [6.07, 6.45) is 6.37. The molecule has 122 valence electrons. The molecule has 0 radical (unpaired) electrons. The van der Waals surface area contributed by atoms with E-state index in [0.29, 0.717) is 17.9 Å². The highest BCUT2D eigenvalue weighted by Crippen LogP contribution is 2.38. The Kier molecular flexibility index (Phi) is 3.95. The lowest BCUT2D eigenvalue weighted by molar-refractivity contribution is 0.307. The molecule has 3 heterocycles. The van der Waals surface area contributed by atoms with E-state index in [1.807, 2.05) is 12.1 Å². The fourth-order valence-corrected chi connectivity index (χ4v) is 3.14. The molecule has 2 aromatic heterocycles. The Balaban J connectivity index is 1.37. The number of anilines is 1. The van der Waals surface area contributed by atoms with Crippen molar-refractivity contribution < 1.29 is 4.52 Å². The van der Waals surface area contributed by atoms with Gasteiger partial charge in [-0.15, -0.1) is 5.10 Å². The van der Waals surface area contributed by atoms with E-state index in [1.54, 1.807) is 6.20 Å². The van der Waals surface area contributed by atoms with Crippen molar-refractivity contribution in [2.75, 3.05) is 18.0 Å². The van der Waals surface area contributed by atoms with E-state index in [1.165, 1.54) is 12.8 Å². The van der Waals surface area contributed by atoms with E-state index in [0.717, 1.165) is 37.6 Å². The van der Waals surface area contributed by atoms with Crippen LogP contribution < -0.4 is 10.2 Å². The molecule has 7 heteroatoms. The molecule has 7 nitrogen and oxygen atoms in total. The van der Waals surface area contributed by atoms with Gasteiger partial charge in [-0.3, -0.25) is 0 Å². The van der Waals surface area contributed by atoms with Crippen molar-refractivity contribution in [3.8, 4) is 0 Å². The van der Waals surface area contributed by atoms with E-state index in [-0.39, 0.29) is 6.04 Å². The lowest BCUT2D eigenvalue weighted by Gasteiger charge is -2.34. The van der Waals surface area contributed by atoms with Crippen LogP contribution in [-0.2, 0) is 0 Å². The topological polar surface area (TPSA) is 80.0 Å². The first-order valence-electron chi connectivity index (χ1n) is 8.42. The van der Waals surface area contributed by atoms with Gasteiger partial charge in [-0.05, 0) is 44.7 Å². The van der Waals surface area contributed by atoms with E-state index >= 15 is 0 Å². The first-order chi connectivity index (χ1) is 11.3. The van der Waals surface area contributed by atoms with Gasteiger partial charge in [-0.1, -0.05) is 5.16 Å². The third kappa shape index (κ3) is 3.34. The van der Waals surface area contributed by atoms with Crippen LogP contribution in [-0.4, -0.2) is 39.5 Å². The summed E-state index contributed by atoms with van der Waals surface area (Å²) in [5.41, 5.74) is 0. The third-order valence-electron chi connectivity index (χ3n) is 4.56. The van der Waals surface area contributed by atoms with Gasteiger partial charge in [0.15, 0.2) is 11.6 Å². The number of hydrogen-bond donors (Lipinski definition) is 1. The Hall–Kier alpha value is -2.02. The molecule has 0 spiro atoms. The van der Waals surface area contributed by atoms with E-state index in [2.05, 4.69) is 37.5 Å². The predicted octanol–water partition coefficient (Wildman–Crippen LogP) is 2.06. The van der Waals surface area contributed by atoms with E-state index in [4.69, 9.17) is 4.52 Å². The number of rotatable bonds is 5. The highest BCUT2D eigenvalue weighted by molar-refractivity contribution is 5.37. The highest BCUT2D eigenvalue weighted by Gasteiger charge is 2.30. The Labute approximate surface area is 135 Å². The smallest absolute Gasteiger partial charge is 0.243 e. The monoisotopic (exact) mass is 314 g/mol. The molecule has 1 aliphatic heterocycles. The Morgan fingerprint density at radius 3 is 3.04 bits per heavy atom. The minimum atomic E-state index is 0.0711. The zero-order valence-electron chi connectivity index (χ0n) is 13.4. The summed E-state index contributed by atoms with van der Waals surface area (Å²) in [6.45, 7) is 4.04. The Morgan fingerprint density at radius 1 is 1.35 bits per heavy atom. The lowest BCUT2D eigenvalue weighted by Crippen LogP contribution is -2.46. The molecule has 1 aliphatic carbocycles. The van der Waals surface area contributed by atoms with Crippen LogP contribution in [0.15, 0.2) is 22.9 Å². The van der Waals surface area contributed by atoms with Crippen LogP contribution in [0.1, 0.15) is 56.3 Å². The molecule has 2 fully saturated rings. The normalized spacial score (nSPS) is 23.0. The maximum absolute atomic E-state index is 5.42. The van der Waals surface area contributed by atoms with Crippen molar-refractivity contribution in [2.45, 2.75) is 50.6 Å². The van der Waals surface area contributed by atoms with Crippen molar-refractivity contribution >= 4 is 5.82 Å². The summed E-state index contributed by atoms with van der Waals surface area (Å²) >= 11 is 0. The van der Waals surface area contributed by atoms with Gasteiger partial charge in [0.2, 0.25) is 5.89 Å². The van der Waals surface area contributed by atoms with Crippen LogP contribution in [0.4, 0.5) is 5.82 Å². The van der Waals surface area contributed by atoms with Crippen LogP contribution in [0.5, 0.6) is 0 Å². The van der Waals surface area contributed by atoms with Crippen molar-refractivity contribution in [3.63, 3.8) is 0 Å². The quantitative estimate of drug-likeness (QED) is 0.904. The zero-order chi connectivity index (χ0) is 15.6. The minimum Gasteiger partial charge on any atom is -0.354 e.